The number of esters is 1. The minimum atomic E-state index is -0.725. The Hall–Kier alpha value is -2.08. The van der Waals surface area contributed by atoms with Crippen LogP contribution in [0.5, 0.6) is 0 Å². The predicted octanol–water partition coefficient (Wildman–Crippen LogP) is 2.92. The summed E-state index contributed by atoms with van der Waals surface area (Å²) in [6, 6.07) is 9.33. The molecule has 1 aromatic carbocycles. The van der Waals surface area contributed by atoms with Crippen LogP contribution in [0.4, 0.5) is 4.79 Å². The molecular weight excluding hydrogens is 286 g/mol. The number of hydrogen-bond donors (Lipinski definition) is 0. The van der Waals surface area contributed by atoms with Crippen LogP contribution in [0.25, 0.3) is 0 Å². The van der Waals surface area contributed by atoms with Crippen LogP contribution in [0.2, 0.25) is 0 Å². The van der Waals surface area contributed by atoms with Gasteiger partial charge in [-0.05, 0) is 33.3 Å². The van der Waals surface area contributed by atoms with E-state index in [2.05, 4.69) is 0 Å². The van der Waals surface area contributed by atoms with Crippen molar-refractivity contribution in [2.24, 2.45) is 0 Å². The highest BCUT2D eigenvalue weighted by Gasteiger charge is 2.25. The van der Waals surface area contributed by atoms with E-state index in [-0.39, 0.29) is 19.8 Å². The average Bonchev–Trinajstić information content (AvgIpc) is 2.43. The Morgan fingerprint density at radius 1 is 1.14 bits per heavy atom. The largest absolute Gasteiger partial charge is 0.465 e. The number of hydrogen-bond acceptors (Lipinski definition) is 5. The maximum absolute atomic E-state index is 12.1. The smallest absolute Gasteiger partial charge is 0.435 e. The lowest BCUT2D eigenvalue weighted by molar-refractivity contribution is -0.176. The number of benzene rings is 1. The number of hydroxylamine groups is 2. The lowest BCUT2D eigenvalue weighted by atomic mass is 10.2. The molecule has 122 valence electrons. The molecule has 6 heteroatoms. The molecule has 1 aromatic rings. The molecule has 0 aliphatic carbocycles. The van der Waals surface area contributed by atoms with E-state index in [0.29, 0.717) is 0 Å². The van der Waals surface area contributed by atoms with E-state index < -0.39 is 17.7 Å². The van der Waals surface area contributed by atoms with Crippen LogP contribution in [0.3, 0.4) is 0 Å². The van der Waals surface area contributed by atoms with Crippen LogP contribution >= 0.6 is 0 Å². The molecule has 0 bridgehead atoms. The van der Waals surface area contributed by atoms with Gasteiger partial charge in [-0.1, -0.05) is 30.3 Å². The molecule has 0 fully saturated rings. The van der Waals surface area contributed by atoms with Gasteiger partial charge in [0.15, 0.2) is 0 Å². The molecule has 0 aliphatic rings. The van der Waals surface area contributed by atoms with Gasteiger partial charge in [0.2, 0.25) is 0 Å². The van der Waals surface area contributed by atoms with E-state index in [1.807, 2.05) is 30.3 Å². The van der Waals surface area contributed by atoms with Crippen LogP contribution < -0.4 is 0 Å². The molecule has 0 N–H and O–H groups in total. The summed E-state index contributed by atoms with van der Waals surface area (Å²) >= 11 is 0. The van der Waals surface area contributed by atoms with E-state index in [0.717, 1.165) is 10.6 Å². The quantitative estimate of drug-likeness (QED) is 0.597. The maximum atomic E-state index is 12.1. The summed E-state index contributed by atoms with van der Waals surface area (Å²) in [7, 11) is 0. The van der Waals surface area contributed by atoms with Crippen LogP contribution in [0.1, 0.15) is 33.3 Å². The lowest BCUT2D eigenvalue weighted by Crippen LogP contribution is -2.40. The van der Waals surface area contributed by atoms with Crippen molar-refractivity contribution in [1.29, 1.82) is 0 Å². The van der Waals surface area contributed by atoms with Crippen molar-refractivity contribution < 1.29 is 23.9 Å². The Balaban J connectivity index is 2.68. The van der Waals surface area contributed by atoms with Crippen molar-refractivity contribution in [3.63, 3.8) is 0 Å². The fourth-order valence-corrected chi connectivity index (χ4v) is 1.53. The van der Waals surface area contributed by atoms with Crippen molar-refractivity contribution in [1.82, 2.24) is 5.06 Å². The van der Waals surface area contributed by atoms with E-state index in [1.54, 1.807) is 27.7 Å². The minimum absolute atomic E-state index is 0.152. The first kappa shape index (κ1) is 18.0. The van der Waals surface area contributed by atoms with Crippen LogP contribution in [0.15, 0.2) is 30.3 Å². The molecule has 0 radical (unpaired) electrons. The van der Waals surface area contributed by atoms with Crippen molar-refractivity contribution in [2.75, 3.05) is 13.2 Å². The van der Waals surface area contributed by atoms with Crippen LogP contribution in [-0.2, 0) is 25.7 Å². The van der Waals surface area contributed by atoms with Crippen molar-refractivity contribution >= 4 is 12.1 Å². The van der Waals surface area contributed by atoms with Gasteiger partial charge in [0.05, 0.1) is 6.61 Å². The molecular formula is C16H23NO5. The van der Waals surface area contributed by atoms with Gasteiger partial charge in [-0.25, -0.2) is 4.79 Å². The molecule has 0 unspecified atom stereocenters. The van der Waals surface area contributed by atoms with E-state index in [4.69, 9.17) is 14.3 Å². The molecule has 22 heavy (non-hydrogen) atoms. The maximum Gasteiger partial charge on any atom is 0.435 e. The van der Waals surface area contributed by atoms with Crippen LogP contribution in [0, 0.1) is 0 Å². The third-order valence-corrected chi connectivity index (χ3v) is 2.41. The zero-order valence-corrected chi connectivity index (χ0v) is 13.5. The highest BCUT2D eigenvalue weighted by atomic mass is 16.7. The number of rotatable bonds is 6. The first-order valence-electron chi connectivity index (χ1n) is 7.15. The Bertz CT molecular complexity index is 481. The summed E-state index contributed by atoms with van der Waals surface area (Å²) in [4.78, 5) is 29.1. The van der Waals surface area contributed by atoms with Gasteiger partial charge in [-0.3, -0.25) is 9.63 Å². The van der Waals surface area contributed by atoms with E-state index in [9.17, 15) is 9.59 Å². The number of ether oxygens (including phenoxy) is 2. The van der Waals surface area contributed by atoms with Gasteiger partial charge >= 0.3 is 12.1 Å². The zero-order valence-electron chi connectivity index (χ0n) is 13.5. The molecule has 0 aromatic heterocycles. The molecule has 0 aliphatic heterocycles. The summed E-state index contributed by atoms with van der Waals surface area (Å²) in [5.41, 5.74) is 0.194. The van der Waals surface area contributed by atoms with Gasteiger partial charge in [-0.2, -0.15) is 5.06 Å². The van der Waals surface area contributed by atoms with Crippen molar-refractivity contribution in [3.05, 3.63) is 35.9 Å². The van der Waals surface area contributed by atoms with Crippen molar-refractivity contribution in [2.45, 2.75) is 39.9 Å². The Kier molecular flexibility index (Phi) is 6.85. The van der Waals surface area contributed by atoms with E-state index in [1.165, 1.54) is 0 Å². The second-order valence-corrected chi connectivity index (χ2v) is 5.58. The zero-order chi connectivity index (χ0) is 16.6. The van der Waals surface area contributed by atoms with Crippen LogP contribution in [-0.4, -0.2) is 35.9 Å². The first-order chi connectivity index (χ1) is 10.3. The topological polar surface area (TPSA) is 65.1 Å². The molecule has 1 rings (SSSR count). The fraction of sp³-hybridized carbons (Fsp3) is 0.500. The Labute approximate surface area is 130 Å². The molecule has 0 atom stereocenters. The van der Waals surface area contributed by atoms with Gasteiger partial charge in [-0.15, -0.1) is 0 Å². The summed E-state index contributed by atoms with van der Waals surface area (Å²) in [5, 5.41) is 0.885. The molecule has 0 spiro atoms. The second kappa shape index (κ2) is 8.38. The normalized spacial score (nSPS) is 10.9. The highest BCUT2D eigenvalue weighted by molar-refractivity contribution is 5.77. The predicted molar refractivity (Wildman–Crippen MR) is 80.8 cm³/mol. The average molecular weight is 309 g/mol. The molecule has 1 amide bonds. The second-order valence-electron chi connectivity index (χ2n) is 5.58. The summed E-state index contributed by atoms with van der Waals surface area (Å²) in [6.45, 7) is 6.98. The standard InChI is InChI=1S/C16H23NO5/c1-5-20-14(18)11-17(15(19)22-16(2,3)4)21-12-13-9-7-6-8-10-13/h6-10H,5,11-12H2,1-4H3. The lowest BCUT2D eigenvalue weighted by Gasteiger charge is -2.26. The molecule has 6 nitrogen and oxygen atoms in total. The molecule has 0 saturated carbocycles. The summed E-state index contributed by atoms with van der Waals surface area (Å²) < 4.78 is 10.1. The first-order valence-corrected chi connectivity index (χ1v) is 7.15. The fourth-order valence-electron chi connectivity index (χ4n) is 1.53. The monoisotopic (exact) mass is 309 g/mol. The van der Waals surface area contributed by atoms with Crippen molar-refractivity contribution in [3.8, 4) is 0 Å². The number of nitrogens with zero attached hydrogens (tertiary/aromatic N) is 1. The SMILES string of the molecule is CCOC(=O)CN(OCc1ccccc1)C(=O)OC(C)(C)C. The van der Waals surface area contributed by atoms with E-state index >= 15 is 0 Å². The third-order valence-electron chi connectivity index (χ3n) is 2.41. The molecule has 0 heterocycles. The summed E-state index contributed by atoms with van der Waals surface area (Å²) in [5.74, 6) is -0.554. The van der Waals surface area contributed by atoms with Gasteiger partial charge in [0.25, 0.3) is 0 Å². The Morgan fingerprint density at radius 3 is 2.32 bits per heavy atom. The van der Waals surface area contributed by atoms with Gasteiger partial charge in [0.1, 0.15) is 18.8 Å². The van der Waals surface area contributed by atoms with Gasteiger partial charge in [0, 0.05) is 0 Å². The third kappa shape index (κ3) is 7.08. The van der Waals surface area contributed by atoms with Gasteiger partial charge < -0.3 is 9.47 Å². The highest BCUT2D eigenvalue weighted by Crippen LogP contribution is 2.12. The number of amides is 1. The number of carbonyl (C=O) groups is 2. The summed E-state index contributed by atoms with van der Waals surface area (Å²) in [6.07, 6.45) is -0.725. The number of carbonyl (C=O) groups excluding carboxylic acids is 2. The minimum Gasteiger partial charge on any atom is -0.465 e. The molecule has 0 saturated heterocycles. The Morgan fingerprint density at radius 2 is 1.77 bits per heavy atom.